The molecule has 132 valence electrons. The third-order valence-corrected chi connectivity index (χ3v) is 4.83. The van der Waals surface area contributed by atoms with Gasteiger partial charge in [0, 0.05) is 12.5 Å². The van der Waals surface area contributed by atoms with E-state index in [1.54, 1.807) is 11.2 Å². The first kappa shape index (κ1) is 17.3. The van der Waals surface area contributed by atoms with E-state index in [-0.39, 0.29) is 11.8 Å². The summed E-state index contributed by atoms with van der Waals surface area (Å²) >= 11 is 0. The fourth-order valence-electron chi connectivity index (χ4n) is 3.50. The second kappa shape index (κ2) is 8.01. The van der Waals surface area contributed by atoms with Gasteiger partial charge in [-0.1, -0.05) is 36.8 Å². The number of carbonyl (C=O) groups is 2. The summed E-state index contributed by atoms with van der Waals surface area (Å²) in [5.74, 6) is -0.683. The summed E-state index contributed by atoms with van der Waals surface area (Å²) < 4.78 is 5.41. The maximum absolute atomic E-state index is 13.1. The molecule has 2 aromatic rings. The van der Waals surface area contributed by atoms with E-state index in [2.05, 4.69) is 0 Å². The zero-order chi connectivity index (χ0) is 17.6. The second-order valence-corrected chi connectivity index (χ2v) is 6.66. The van der Waals surface area contributed by atoms with Gasteiger partial charge >= 0.3 is 5.97 Å². The average molecular weight is 341 g/mol. The van der Waals surface area contributed by atoms with Gasteiger partial charge in [-0.2, -0.15) is 0 Å². The molecule has 1 heterocycles. The highest BCUT2D eigenvalue weighted by Gasteiger charge is 2.33. The molecule has 0 saturated heterocycles. The highest BCUT2D eigenvalue weighted by molar-refractivity contribution is 5.80. The zero-order valence-electron chi connectivity index (χ0n) is 14.1. The topological polar surface area (TPSA) is 70.8 Å². The van der Waals surface area contributed by atoms with Crippen LogP contribution in [0.25, 0.3) is 0 Å². The SMILES string of the molecule is O=C(O)C1CCCC(C(=O)N(Cc2ccccc2)Cc2ccco2)C1. The number of benzene rings is 1. The van der Waals surface area contributed by atoms with Crippen LogP contribution in [-0.2, 0) is 22.7 Å². The van der Waals surface area contributed by atoms with Crippen molar-refractivity contribution in [3.05, 3.63) is 60.1 Å². The summed E-state index contributed by atoms with van der Waals surface area (Å²) in [7, 11) is 0. The van der Waals surface area contributed by atoms with E-state index in [9.17, 15) is 14.7 Å². The molecule has 1 aromatic heterocycles. The monoisotopic (exact) mass is 341 g/mol. The summed E-state index contributed by atoms with van der Waals surface area (Å²) in [4.78, 5) is 26.2. The van der Waals surface area contributed by atoms with E-state index in [0.717, 1.165) is 24.2 Å². The van der Waals surface area contributed by atoms with Gasteiger partial charge in [0.2, 0.25) is 5.91 Å². The molecule has 1 N–H and O–H groups in total. The van der Waals surface area contributed by atoms with E-state index in [1.807, 2.05) is 42.5 Å². The molecule has 1 aliphatic carbocycles. The van der Waals surface area contributed by atoms with E-state index in [0.29, 0.717) is 25.9 Å². The van der Waals surface area contributed by atoms with Crippen molar-refractivity contribution in [2.24, 2.45) is 11.8 Å². The third kappa shape index (κ3) is 4.50. The van der Waals surface area contributed by atoms with Crippen molar-refractivity contribution >= 4 is 11.9 Å². The summed E-state index contributed by atoms with van der Waals surface area (Å²) in [6.07, 6.45) is 4.23. The molecule has 1 saturated carbocycles. The molecule has 1 amide bonds. The largest absolute Gasteiger partial charge is 0.481 e. The molecule has 2 atom stereocenters. The standard InChI is InChI=1S/C20H23NO4/c22-19(16-8-4-9-17(12-16)20(23)24)21(14-18-10-5-11-25-18)13-15-6-2-1-3-7-15/h1-3,5-7,10-11,16-17H,4,8-9,12-14H2,(H,23,24). The van der Waals surface area contributed by atoms with Crippen molar-refractivity contribution in [3.8, 4) is 0 Å². The molecule has 0 spiro atoms. The summed E-state index contributed by atoms with van der Waals surface area (Å²) in [6.45, 7) is 0.892. The van der Waals surface area contributed by atoms with Crippen LogP contribution in [0.4, 0.5) is 0 Å². The minimum atomic E-state index is -0.793. The molecule has 25 heavy (non-hydrogen) atoms. The Bertz CT molecular complexity index is 696. The number of hydrogen-bond donors (Lipinski definition) is 1. The Morgan fingerprint density at radius 3 is 2.48 bits per heavy atom. The van der Waals surface area contributed by atoms with Crippen molar-refractivity contribution in [2.75, 3.05) is 0 Å². The highest BCUT2D eigenvalue weighted by Crippen LogP contribution is 2.31. The van der Waals surface area contributed by atoms with E-state index in [4.69, 9.17) is 4.42 Å². The van der Waals surface area contributed by atoms with Crippen LogP contribution in [0.5, 0.6) is 0 Å². The van der Waals surface area contributed by atoms with Crippen LogP contribution in [0.15, 0.2) is 53.1 Å². The highest BCUT2D eigenvalue weighted by atomic mass is 16.4. The number of hydrogen-bond acceptors (Lipinski definition) is 3. The number of carboxylic acid groups (broad SMARTS) is 1. The minimum Gasteiger partial charge on any atom is -0.481 e. The number of amides is 1. The van der Waals surface area contributed by atoms with Crippen LogP contribution in [0.2, 0.25) is 0 Å². The third-order valence-electron chi connectivity index (χ3n) is 4.83. The van der Waals surface area contributed by atoms with Crippen LogP contribution in [-0.4, -0.2) is 21.9 Å². The van der Waals surface area contributed by atoms with Gasteiger partial charge in [-0.25, -0.2) is 0 Å². The zero-order valence-corrected chi connectivity index (χ0v) is 14.1. The lowest BCUT2D eigenvalue weighted by molar-refractivity contribution is -0.146. The lowest BCUT2D eigenvalue weighted by atomic mass is 9.80. The molecule has 1 aliphatic rings. The number of nitrogens with zero attached hydrogens (tertiary/aromatic N) is 1. The Kier molecular flexibility index (Phi) is 5.53. The van der Waals surface area contributed by atoms with Crippen LogP contribution in [0.1, 0.15) is 37.0 Å². The summed E-state index contributed by atoms with van der Waals surface area (Å²) in [5, 5.41) is 9.28. The van der Waals surface area contributed by atoms with Crippen LogP contribution in [0, 0.1) is 11.8 Å². The predicted octanol–water partition coefficient (Wildman–Crippen LogP) is 3.70. The molecule has 0 aliphatic heterocycles. The fourth-order valence-corrected chi connectivity index (χ4v) is 3.50. The summed E-state index contributed by atoms with van der Waals surface area (Å²) in [5.41, 5.74) is 1.05. The van der Waals surface area contributed by atoms with E-state index < -0.39 is 11.9 Å². The van der Waals surface area contributed by atoms with Crippen LogP contribution in [0.3, 0.4) is 0 Å². The molecule has 5 heteroatoms. The minimum absolute atomic E-state index is 0.0196. The van der Waals surface area contributed by atoms with Gasteiger partial charge in [-0.3, -0.25) is 9.59 Å². The maximum Gasteiger partial charge on any atom is 0.306 e. The normalized spacial score (nSPS) is 20.2. The van der Waals surface area contributed by atoms with Crippen molar-refractivity contribution in [1.82, 2.24) is 4.90 Å². The van der Waals surface area contributed by atoms with Gasteiger partial charge in [0.15, 0.2) is 0 Å². The average Bonchev–Trinajstić information content (AvgIpc) is 3.14. The number of rotatable bonds is 6. The molecular formula is C20H23NO4. The van der Waals surface area contributed by atoms with Crippen molar-refractivity contribution in [2.45, 2.75) is 38.8 Å². The van der Waals surface area contributed by atoms with E-state index in [1.165, 1.54) is 0 Å². The van der Waals surface area contributed by atoms with Gasteiger partial charge < -0.3 is 14.4 Å². The van der Waals surface area contributed by atoms with Gasteiger partial charge in [0.1, 0.15) is 5.76 Å². The first-order valence-corrected chi connectivity index (χ1v) is 8.71. The molecular weight excluding hydrogens is 318 g/mol. The smallest absolute Gasteiger partial charge is 0.306 e. The summed E-state index contributed by atoms with van der Waals surface area (Å²) in [6, 6.07) is 13.5. The van der Waals surface area contributed by atoms with Gasteiger partial charge in [0.25, 0.3) is 0 Å². The Balaban J connectivity index is 1.75. The Morgan fingerprint density at radius 2 is 1.80 bits per heavy atom. The molecule has 0 bridgehead atoms. The number of carboxylic acids is 1. The van der Waals surface area contributed by atoms with Crippen molar-refractivity contribution in [1.29, 1.82) is 0 Å². The lowest BCUT2D eigenvalue weighted by Gasteiger charge is -2.31. The van der Waals surface area contributed by atoms with Crippen LogP contribution < -0.4 is 0 Å². The number of furan rings is 1. The molecule has 2 unspecified atom stereocenters. The Morgan fingerprint density at radius 1 is 1.04 bits per heavy atom. The Labute approximate surface area is 147 Å². The van der Waals surface area contributed by atoms with Gasteiger partial charge in [-0.15, -0.1) is 0 Å². The molecule has 3 rings (SSSR count). The fraction of sp³-hybridized carbons (Fsp3) is 0.400. The molecule has 1 fully saturated rings. The maximum atomic E-state index is 13.1. The predicted molar refractivity (Wildman–Crippen MR) is 92.5 cm³/mol. The first-order chi connectivity index (χ1) is 12.1. The number of carbonyl (C=O) groups excluding carboxylic acids is 1. The van der Waals surface area contributed by atoms with Crippen molar-refractivity contribution < 1.29 is 19.1 Å². The number of aliphatic carboxylic acids is 1. The van der Waals surface area contributed by atoms with E-state index >= 15 is 0 Å². The van der Waals surface area contributed by atoms with Crippen LogP contribution >= 0.6 is 0 Å². The molecule has 5 nitrogen and oxygen atoms in total. The lowest BCUT2D eigenvalue weighted by Crippen LogP contribution is -2.38. The Hall–Kier alpha value is -2.56. The van der Waals surface area contributed by atoms with Gasteiger partial charge in [0.05, 0.1) is 18.7 Å². The second-order valence-electron chi connectivity index (χ2n) is 6.66. The molecule has 1 aromatic carbocycles. The van der Waals surface area contributed by atoms with Gasteiger partial charge in [-0.05, 0) is 37.0 Å². The quantitative estimate of drug-likeness (QED) is 0.870. The van der Waals surface area contributed by atoms with Crippen molar-refractivity contribution in [3.63, 3.8) is 0 Å². The molecule has 0 radical (unpaired) electrons. The first-order valence-electron chi connectivity index (χ1n) is 8.71.